The molecular weight excluding hydrogens is 226 g/mol. The van der Waals surface area contributed by atoms with Gasteiger partial charge in [0.15, 0.2) is 0 Å². The van der Waals surface area contributed by atoms with Gasteiger partial charge in [-0.15, -0.1) is 0 Å². The molecule has 0 aromatic heterocycles. The van der Waals surface area contributed by atoms with E-state index >= 15 is 0 Å². The molecule has 3 fully saturated rings. The summed E-state index contributed by atoms with van der Waals surface area (Å²) >= 11 is 0. The summed E-state index contributed by atoms with van der Waals surface area (Å²) in [6, 6.07) is 0.621. The van der Waals surface area contributed by atoms with E-state index in [1.165, 1.54) is 44.9 Å². The van der Waals surface area contributed by atoms with Crippen molar-refractivity contribution in [2.45, 2.75) is 51.0 Å². The van der Waals surface area contributed by atoms with E-state index in [1.807, 2.05) is 4.90 Å². The van der Waals surface area contributed by atoms with Gasteiger partial charge >= 0.3 is 6.03 Å². The number of hydrogen-bond donors (Lipinski definition) is 2. The summed E-state index contributed by atoms with van der Waals surface area (Å²) in [7, 11) is 0. The maximum Gasteiger partial charge on any atom is 0.317 e. The van der Waals surface area contributed by atoms with Crippen LogP contribution in [0.25, 0.3) is 0 Å². The topological polar surface area (TPSA) is 44.4 Å². The van der Waals surface area contributed by atoms with Gasteiger partial charge in [-0.2, -0.15) is 0 Å². The molecule has 1 aliphatic carbocycles. The number of urea groups is 1. The molecule has 2 aliphatic heterocycles. The largest absolute Gasteiger partial charge is 0.335 e. The number of likely N-dealkylation sites (tertiary alicyclic amines) is 1. The van der Waals surface area contributed by atoms with Gasteiger partial charge in [-0.1, -0.05) is 19.3 Å². The van der Waals surface area contributed by atoms with Crippen LogP contribution in [0.2, 0.25) is 0 Å². The van der Waals surface area contributed by atoms with Gasteiger partial charge < -0.3 is 15.5 Å². The van der Waals surface area contributed by atoms with Crippen LogP contribution < -0.4 is 10.6 Å². The Balaban J connectivity index is 1.50. The molecule has 4 heteroatoms. The fraction of sp³-hybridized carbons (Fsp3) is 0.929. The summed E-state index contributed by atoms with van der Waals surface area (Å²) in [5, 5.41) is 6.67. The third-order valence-corrected chi connectivity index (χ3v) is 4.99. The average molecular weight is 251 g/mol. The number of rotatable bonds is 1. The number of carbonyl (C=O) groups is 1. The summed E-state index contributed by atoms with van der Waals surface area (Å²) in [6.07, 6.45) is 8.65. The number of amides is 2. The fourth-order valence-corrected chi connectivity index (χ4v) is 3.77. The van der Waals surface area contributed by atoms with Crippen molar-refractivity contribution in [3.05, 3.63) is 0 Å². The molecule has 0 aromatic rings. The van der Waals surface area contributed by atoms with Gasteiger partial charge in [-0.25, -0.2) is 4.79 Å². The van der Waals surface area contributed by atoms with Crippen molar-refractivity contribution in [1.29, 1.82) is 0 Å². The van der Waals surface area contributed by atoms with E-state index in [-0.39, 0.29) is 6.03 Å². The molecule has 1 unspecified atom stereocenters. The van der Waals surface area contributed by atoms with Crippen molar-refractivity contribution in [3.63, 3.8) is 0 Å². The van der Waals surface area contributed by atoms with E-state index in [9.17, 15) is 4.79 Å². The molecule has 2 amide bonds. The summed E-state index contributed by atoms with van der Waals surface area (Å²) in [5.41, 5.74) is 0.393. The van der Waals surface area contributed by atoms with Crippen LogP contribution in [0.1, 0.15) is 44.9 Å². The summed E-state index contributed by atoms with van der Waals surface area (Å²) in [4.78, 5) is 14.3. The Labute approximate surface area is 109 Å². The zero-order chi connectivity index (χ0) is 12.4. The van der Waals surface area contributed by atoms with E-state index in [0.29, 0.717) is 11.5 Å². The number of nitrogens with one attached hydrogen (secondary N) is 2. The van der Waals surface area contributed by atoms with Gasteiger partial charge in [0.05, 0.1) is 0 Å². The first-order valence-electron chi connectivity index (χ1n) is 7.54. The van der Waals surface area contributed by atoms with Crippen LogP contribution in [0.4, 0.5) is 4.79 Å². The Morgan fingerprint density at radius 1 is 1.22 bits per heavy atom. The highest BCUT2D eigenvalue weighted by Crippen LogP contribution is 2.36. The molecule has 102 valence electrons. The van der Waals surface area contributed by atoms with Crippen molar-refractivity contribution in [1.82, 2.24) is 15.5 Å². The molecule has 3 aliphatic rings. The standard InChI is InChI=1S/C14H25N3O/c18-13(16-12-4-2-1-3-5-12)17-9-7-14(11-17)6-8-15-10-14/h12,15H,1-11H2,(H,16,18). The van der Waals surface area contributed by atoms with Crippen LogP contribution in [-0.4, -0.2) is 43.2 Å². The van der Waals surface area contributed by atoms with E-state index in [2.05, 4.69) is 10.6 Å². The first kappa shape index (κ1) is 12.3. The number of carbonyl (C=O) groups excluding carboxylic acids is 1. The lowest BCUT2D eigenvalue weighted by molar-refractivity contribution is 0.194. The maximum absolute atomic E-state index is 12.2. The lowest BCUT2D eigenvalue weighted by Crippen LogP contribution is -2.45. The molecular formula is C14H25N3O. The van der Waals surface area contributed by atoms with E-state index in [0.717, 1.165) is 26.2 Å². The van der Waals surface area contributed by atoms with Crippen LogP contribution in [0.5, 0.6) is 0 Å². The predicted octanol–water partition coefficient (Wildman–Crippen LogP) is 1.71. The molecule has 4 nitrogen and oxygen atoms in total. The molecule has 18 heavy (non-hydrogen) atoms. The minimum absolute atomic E-state index is 0.186. The second kappa shape index (κ2) is 5.08. The van der Waals surface area contributed by atoms with E-state index in [1.54, 1.807) is 0 Å². The molecule has 2 saturated heterocycles. The summed E-state index contributed by atoms with van der Waals surface area (Å²) in [6.45, 7) is 4.12. The van der Waals surface area contributed by atoms with Crippen molar-refractivity contribution in [2.24, 2.45) is 5.41 Å². The van der Waals surface area contributed by atoms with Gasteiger partial charge in [0, 0.05) is 31.1 Å². The molecule has 1 atom stereocenters. The van der Waals surface area contributed by atoms with Crippen LogP contribution in [0, 0.1) is 5.41 Å². The zero-order valence-electron chi connectivity index (χ0n) is 11.2. The minimum atomic E-state index is 0.186. The van der Waals surface area contributed by atoms with E-state index < -0.39 is 0 Å². The van der Waals surface area contributed by atoms with Gasteiger partial charge in [0.1, 0.15) is 0 Å². The highest BCUT2D eigenvalue weighted by atomic mass is 16.2. The first-order valence-corrected chi connectivity index (χ1v) is 7.54. The first-order chi connectivity index (χ1) is 8.77. The summed E-state index contributed by atoms with van der Waals surface area (Å²) in [5.74, 6) is 0. The lowest BCUT2D eigenvalue weighted by Gasteiger charge is -2.27. The number of nitrogens with zero attached hydrogens (tertiary/aromatic N) is 1. The van der Waals surface area contributed by atoms with Crippen molar-refractivity contribution in [2.75, 3.05) is 26.2 Å². The quantitative estimate of drug-likeness (QED) is 0.745. The molecule has 3 rings (SSSR count). The molecule has 0 bridgehead atoms. The highest BCUT2D eigenvalue weighted by Gasteiger charge is 2.42. The third-order valence-electron chi connectivity index (χ3n) is 4.99. The van der Waals surface area contributed by atoms with Gasteiger partial charge in [0.25, 0.3) is 0 Å². The van der Waals surface area contributed by atoms with Crippen LogP contribution in [-0.2, 0) is 0 Å². The summed E-state index contributed by atoms with van der Waals surface area (Å²) < 4.78 is 0. The lowest BCUT2D eigenvalue weighted by atomic mass is 9.87. The number of hydrogen-bond acceptors (Lipinski definition) is 2. The van der Waals surface area contributed by atoms with Gasteiger partial charge in [-0.05, 0) is 32.2 Å². The Bertz CT molecular complexity index is 306. The Kier molecular flexibility index (Phi) is 3.46. The smallest absolute Gasteiger partial charge is 0.317 e. The van der Waals surface area contributed by atoms with Gasteiger partial charge in [0.2, 0.25) is 0 Å². The molecule has 0 aromatic carbocycles. The van der Waals surface area contributed by atoms with Crippen LogP contribution in [0.3, 0.4) is 0 Å². The Morgan fingerprint density at radius 2 is 2.06 bits per heavy atom. The van der Waals surface area contributed by atoms with Crippen molar-refractivity contribution < 1.29 is 4.79 Å². The fourth-order valence-electron chi connectivity index (χ4n) is 3.77. The van der Waals surface area contributed by atoms with Crippen LogP contribution >= 0.6 is 0 Å². The SMILES string of the molecule is O=C(NC1CCCCC1)N1CCC2(CCNC2)C1. The molecule has 2 N–H and O–H groups in total. The van der Waals surface area contributed by atoms with E-state index in [4.69, 9.17) is 0 Å². The molecule has 2 heterocycles. The normalized spacial score (nSPS) is 33.2. The van der Waals surface area contributed by atoms with Crippen LogP contribution in [0.15, 0.2) is 0 Å². The zero-order valence-corrected chi connectivity index (χ0v) is 11.2. The maximum atomic E-state index is 12.2. The highest BCUT2D eigenvalue weighted by molar-refractivity contribution is 5.75. The second-order valence-electron chi connectivity index (χ2n) is 6.38. The second-order valence-corrected chi connectivity index (χ2v) is 6.38. The predicted molar refractivity (Wildman–Crippen MR) is 71.5 cm³/mol. The molecule has 0 radical (unpaired) electrons. The Morgan fingerprint density at radius 3 is 2.78 bits per heavy atom. The van der Waals surface area contributed by atoms with Gasteiger partial charge in [-0.3, -0.25) is 0 Å². The average Bonchev–Trinajstić information content (AvgIpc) is 3.02. The molecule has 1 saturated carbocycles. The minimum Gasteiger partial charge on any atom is -0.335 e. The molecule has 1 spiro atoms. The monoisotopic (exact) mass is 251 g/mol. The van der Waals surface area contributed by atoms with Crippen molar-refractivity contribution in [3.8, 4) is 0 Å². The van der Waals surface area contributed by atoms with Crippen molar-refractivity contribution >= 4 is 6.03 Å². The third kappa shape index (κ3) is 2.48. The Hall–Kier alpha value is -0.770.